The molecule has 108 valence electrons. The number of halogens is 2. The van der Waals surface area contributed by atoms with Gasteiger partial charge >= 0.3 is 6.61 Å². The van der Waals surface area contributed by atoms with Crippen LogP contribution in [0.4, 0.5) is 14.5 Å². The lowest BCUT2D eigenvalue weighted by Gasteiger charge is -2.23. The van der Waals surface area contributed by atoms with Crippen LogP contribution in [0, 0.1) is 17.2 Å². The lowest BCUT2D eigenvalue weighted by molar-refractivity contribution is -0.0494. The van der Waals surface area contributed by atoms with Crippen molar-refractivity contribution in [1.82, 2.24) is 0 Å². The summed E-state index contributed by atoms with van der Waals surface area (Å²) in [7, 11) is 0. The molecule has 0 radical (unpaired) electrons. The van der Waals surface area contributed by atoms with E-state index in [0.29, 0.717) is 5.69 Å². The zero-order valence-electron chi connectivity index (χ0n) is 11.2. The van der Waals surface area contributed by atoms with Crippen molar-refractivity contribution in [2.75, 3.05) is 5.32 Å². The Morgan fingerprint density at radius 2 is 1.95 bits per heavy atom. The third-order valence-electron chi connectivity index (χ3n) is 3.63. The Kier molecular flexibility index (Phi) is 5.16. The third-order valence-corrected chi connectivity index (χ3v) is 3.63. The molecule has 0 spiro atoms. The molecule has 0 saturated heterocycles. The third kappa shape index (κ3) is 3.83. The van der Waals surface area contributed by atoms with Gasteiger partial charge in [-0.15, -0.1) is 0 Å². The molecule has 1 aliphatic carbocycles. The predicted octanol–water partition coefficient (Wildman–Crippen LogP) is 4.17. The summed E-state index contributed by atoms with van der Waals surface area (Å²) in [4.78, 5) is 0. The van der Waals surface area contributed by atoms with Gasteiger partial charge < -0.3 is 10.1 Å². The minimum absolute atomic E-state index is 0.00933. The van der Waals surface area contributed by atoms with Crippen molar-refractivity contribution in [1.29, 1.82) is 5.26 Å². The van der Waals surface area contributed by atoms with Crippen LogP contribution in [-0.4, -0.2) is 12.7 Å². The first-order valence-corrected chi connectivity index (χ1v) is 6.90. The summed E-state index contributed by atoms with van der Waals surface area (Å²) in [6.07, 6.45) is 4.94. The Morgan fingerprint density at radius 3 is 2.70 bits per heavy atom. The quantitative estimate of drug-likeness (QED) is 0.842. The van der Waals surface area contributed by atoms with E-state index in [0.717, 1.165) is 32.1 Å². The SMILES string of the molecule is N#CC1CCCCCC1Nc1ccccc1OC(F)F. The zero-order chi connectivity index (χ0) is 14.4. The van der Waals surface area contributed by atoms with E-state index in [9.17, 15) is 14.0 Å². The number of rotatable bonds is 4. The summed E-state index contributed by atoms with van der Waals surface area (Å²) in [5.74, 6) is 0.0422. The second kappa shape index (κ2) is 7.09. The number of nitrogens with one attached hydrogen (secondary N) is 1. The number of anilines is 1. The van der Waals surface area contributed by atoms with Crippen LogP contribution in [0.2, 0.25) is 0 Å². The Labute approximate surface area is 117 Å². The molecule has 0 amide bonds. The highest BCUT2D eigenvalue weighted by Crippen LogP contribution is 2.31. The Bertz CT molecular complexity index is 473. The lowest BCUT2D eigenvalue weighted by Crippen LogP contribution is -2.27. The van der Waals surface area contributed by atoms with Gasteiger partial charge in [0, 0.05) is 6.04 Å². The molecule has 2 unspecified atom stereocenters. The first-order valence-electron chi connectivity index (χ1n) is 6.90. The predicted molar refractivity (Wildman–Crippen MR) is 72.7 cm³/mol. The zero-order valence-corrected chi connectivity index (χ0v) is 11.2. The van der Waals surface area contributed by atoms with Gasteiger partial charge in [0.2, 0.25) is 0 Å². The summed E-state index contributed by atoms with van der Waals surface area (Å²) in [5.41, 5.74) is 0.528. The van der Waals surface area contributed by atoms with Crippen LogP contribution in [0.5, 0.6) is 5.75 Å². The summed E-state index contributed by atoms with van der Waals surface area (Å²) in [5, 5.41) is 12.5. The topological polar surface area (TPSA) is 45.0 Å². The van der Waals surface area contributed by atoms with Gasteiger partial charge in [0.25, 0.3) is 0 Å². The summed E-state index contributed by atoms with van der Waals surface area (Å²) in [6, 6.07) is 8.94. The Hall–Kier alpha value is -1.83. The van der Waals surface area contributed by atoms with Crippen LogP contribution in [0.1, 0.15) is 32.1 Å². The second-order valence-corrected chi connectivity index (χ2v) is 5.00. The van der Waals surface area contributed by atoms with Crippen molar-refractivity contribution in [3.8, 4) is 11.8 Å². The molecular weight excluding hydrogens is 262 g/mol. The molecule has 1 saturated carbocycles. The fraction of sp³-hybridized carbons (Fsp3) is 0.533. The van der Waals surface area contributed by atoms with E-state index < -0.39 is 6.61 Å². The van der Waals surface area contributed by atoms with Crippen LogP contribution in [0.25, 0.3) is 0 Å². The molecule has 5 heteroatoms. The standard InChI is InChI=1S/C15H18F2N2O/c16-15(17)20-14-9-5-4-8-13(14)19-12-7-3-1-2-6-11(12)10-18/h4-5,8-9,11-12,15,19H,1-3,6-7H2. The highest BCUT2D eigenvalue weighted by molar-refractivity contribution is 5.57. The molecular formula is C15H18F2N2O. The van der Waals surface area contributed by atoms with E-state index >= 15 is 0 Å². The van der Waals surface area contributed by atoms with E-state index in [-0.39, 0.29) is 17.7 Å². The number of nitrogens with zero attached hydrogens (tertiary/aromatic N) is 1. The Morgan fingerprint density at radius 1 is 1.20 bits per heavy atom. The van der Waals surface area contributed by atoms with Gasteiger partial charge in [0.15, 0.2) is 0 Å². The van der Waals surface area contributed by atoms with E-state index in [1.54, 1.807) is 18.2 Å². The van der Waals surface area contributed by atoms with Gasteiger partial charge in [0.1, 0.15) is 5.75 Å². The van der Waals surface area contributed by atoms with Gasteiger partial charge in [-0.25, -0.2) is 0 Å². The van der Waals surface area contributed by atoms with E-state index in [4.69, 9.17) is 0 Å². The van der Waals surface area contributed by atoms with Crippen molar-refractivity contribution in [2.24, 2.45) is 5.92 Å². The van der Waals surface area contributed by atoms with Crippen molar-refractivity contribution < 1.29 is 13.5 Å². The van der Waals surface area contributed by atoms with Crippen molar-refractivity contribution in [2.45, 2.75) is 44.8 Å². The molecule has 0 aliphatic heterocycles. The summed E-state index contributed by atoms with van der Waals surface area (Å²) < 4.78 is 29.3. The average Bonchev–Trinajstić information content (AvgIpc) is 2.65. The van der Waals surface area contributed by atoms with Crippen molar-refractivity contribution >= 4 is 5.69 Å². The minimum atomic E-state index is -2.85. The van der Waals surface area contributed by atoms with Crippen LogP contribution < -0.4 is 10.1 Å². The number of benzene rings is 1. The Balaban J connectivity index is 2.13. The number of ether oxygens (including phenoxy) is 1. The molecule has 0 heterocycles. The maximum Gasteiger partial charge on any atom is 0.387 e. The fourth-order valence-corrected chi connectivity index (χ4v) is 2.62. The van der Waals surface area contributed by atoms with Gasteiger partial charge in [-0.1, -0.05) is 31.4 Å². The van der Waals surface area contributed by atoms with Crippen LogP contribution in [-0.2, 0) is 0 Å². The van der Waals surface area contributed by atoms with Crippen molar-refractivity contribution in [3.05, 3.63) is 24.3 Å². The molecule has 1 aromatic rings. The van der Waals surface area contributed by atoms with Crippen molar-refractivity contribution in [3.63, 3.8) is 0 Å². The molecule has 2 atom stereocenters. The molecule has 2 rings (SSSR count). The minimum Gasteiger partial charge on any atom is -0.433 e. The van der Waals surface area contributed by atoms with E-state index in [1.807, 2.05) is 0 Å². The molecule has 3 nitrogen and oxygen atoms in total. The smallest absolute Gasteiger partial charge is 0.387 e. The molecule has 20 heavy (non-hydrogen) atoms. The maximum atomic E-state index is 12.4. The second-order valence-electron chi connectivity index (χ2n) is 5.00. The fourth-order valence-electron chi connectivity index (χ4n) is 2.62. The van der Waals surface area contributed by atoms with E-state index in [2.05, 4.69) is 16.1 Å². The molecule has 1 N–H and O–H groups in total. The van der Waals surface area contributed by atoms with Gasteiger partial charge in [-0.3, -0.25) is 0 Å². The molecule has 0 aromatic heterocycles. The summed E-state index contributed by atoms with van der Waals surface area (Å²) in [6.45, 7) is -2.85. The van der Waals surface area contributed by atoms with E-state index in [1.165, 1.54) is 6.07 Å². The number of nitriles is 1. The highest BCUT2D eigenvalue weighted by Gasteiger charge is 2.24. The lowest BCUT2D eigenvalue weighted by atomic mass is 9.96. The van der Waals surface area contributed by atoms with Gasteiger partial charge in [-0.05, 0) is 25.0 Å². The van der Waals surface area contributed by atoms with Gasteiger partial charge in [-0.2, -0.15) is 14.0 Å². The molecule has 0 bridgehead atoms. The largest absolute Gasteiger partial charge is 0.433 e. The number of alkyl halides is 2. The summed E-state index contributed by atoms with van der Waals surface area (Å²) >= 11 is 0. The van der Waals surface area contributed by atoms with Crippen LogP contribution in [0.15, 0.2) is 24.3 Å². The monoisotopic (exact) mass is 280 g/mol. The number of hydrogen-bond donors (Lipinski definition) is 1. The maximum absolute atomic E-state index is 12.4. The molecule has 1 aromatic carbocycles. The first-order chi connectivity index (χ1) is 9.70. The normalized spacial score (nSPS) is 22.9. The van der Waals surface area contributed by atoms with Gasteiger partial charge in [0.05, 0.1) is 17.7 Å². The number of para-hydroxylation sites is 2. The molecule has 1 fully saturated rings. The van der Waals surface area contributed by atoms with Crippen LogP contribution >= 0.6 is 0 Å². The average molecular weight is 280 g/mol. The highest BCUT2D eigenvalue weighted by atomic mass is 19.3. The molecule has 1 aliphatic rings. The first kappa shape index (κ1) is 14.6. The van der Waals surface area contributed by atoms with Crippen LogP contribution in [0.3, 0.4) is 0 Å². The number of hydrogen-bond acceptors (Lipinski definition) is 3.